The molecule has 1 amide bonds. The van der Waals surface area contributed by atoms with Crippen molar-refractivity contribution in [2.45, 2.75) is 12.8 Å². The minimum absolute atomic E-state index is 0.0870. The van der Waals surface area contributed by atoms with E-state index in [0.29, 0.717) is 13.0 Å². The second-order valence-electron chi connectivity index (χ2n) is 4.05. The molecule has 1 aliphatic rings. The van der Waals surface area contributed by atoms with Crippen molar-refractivity contribution in [2.75, 3.05) is 6.54 Å². The molecule has 3 heterocycles. The number of hydrazone groups is 1. The summed E-state index contributed by atoms with van der Waals surface area (Å²) in [5.41, 5.74) is 1.03. The van der Waals surface area contributed by atoms with Crippen LogP contribution in [0.1, 0.15) is 16.2 Å². The fourth-order valence-corrected chi connectivity index (χ4v) is 3.34. The number of amides is 1. The topological polar surface area (TPSA) is 32.7 Å². The van der Waals surface area contributed by atoms with E-state index in [0.717, 1.165) is 17.0 Å². The van der Waals surface area contributed by atoms with E-state index in [2.05, 4.69) is 11.2 Å². The maximum absolute atomic E-state index is 12.1. The summed E-state index contributed by atoms with van der Waals surface area (Å²) < 4.78 is 0. The zero-order valence-electron chi connectivity index (χ0n) is 9.70. The van der Waals surface area contributed by atoms with Gasteiger partial charge in [0.2, 0.25) is 5.91 Å². The van der Waals surface area contributed by atoms with Crippen LogP contribution in [0.25, 0.3) is 0 Å². The maximum Gasteiger partial charge on any atom is 0.247 e. The average Bonchev–Trinajstić information content (AvgIpc) is 3.11. The highest BCUT2D eigenvalue weighted by atomic mass is 32.1. The first kappa shape index (κ1) is 11.6. The fraction of sp³-hybridized carbons (Fsp3) is 0.231. The Bertz CT molecular complexity index is 558. The molecule has 0 saturated carbocycles. The zero-order chi connectivity index (χ0) is 12.4. The van der Waals surface area contributed by atoms with Crippen molar-refractivity contribution in [3.63, 3.8) is 0 Å². The smallest absolute Gasteiger partial charge is 0.247 e. The van der Waals surface area contributed by atoms with Crippen molar-refractivity contribution >= 4 is 34.3 Å². The van der Waals surface area contributed by atoms with Gasteiger partial charge in [0.1, 0.15) is 0 Å². The molecule has 0 aliphatic carbocycles. The van der Waals surface area contributed by atoms with E-state index in [-0.39, 0.29) is 5.91 Å². The van der Waals surface area contributed by atoms with Crippen LogP contribution in [0.5, 0.6) is 0 Å². The Hall–Kier alpha value is -1.46. The Morgan fingerprint density at radius 3 is 2.83 bits per heavy atom. The molecule has 1 aliphatic heterocycles. The van der Waals surface area contributed by atoms with E-state index in [1.54, 1.807) is 27.7 Å². The van der Waals surface area contributed by atoms with E-state index in [1.165, 1.54) is 4.88 Å². The summed E-state index contributed by atoms with van der Waals surface area (Å²) in [6.45, 7) is 0.706. The Morgan fingerprint density at radius 1 is 1.28 bits per heavy atom. The largest absolute Gasteiger partial charge is 0.273 e. The molecular formula is C13H12N2OS2. The Labute approximate surface area is 113 Å². The van der Waals surface area contributed by atoms with E-state index in [4.69, 9.17) is 0 Å². The highest BCUT2D eigenvalue weighted by Crippen LogP contribution is 2.19. The van der Waals surface area contributed by atoms with E-state index in [1.807, 2.05) is 29.0 Å². The van der Waals surface area contributed by atoms with Crippen LogP contribution in [0.15, 0.2) is 40.1 Å². The fourth-order valence-electron chi connectivity index (χ4n) is 1.91. The molecule has 92 valence electrons. The summed E-state index contributed by atoms with van der Waals surface area (Å²) in [5, 5.41) is 10.1. The molecule has 18 heavy (non-hydrogen) atoms. The molecule has 2 aromatic rings. The third kappa shape index (κ3) is 2.37. The second kappa shape index (κ2) is 5.04. The van der Waals surface area contributed by atoms with Gasteiger partial charge in [0, 0.05) is 11.3 Å². The number of thiophene rings is 2. The van der Waals surface area contributed by atoms with Crippen molar-refractivity contribution in [3.8, 4) is 0 Å². The molecule has 0 aromatic carbocycles. The lowest BCUT2D eigenvalue weighted by Gasteiger charge is -2.09. The summed E-state index contributed by atoms with van der Waals surface area (Å²) in [6.07, 6.45) is 1.32. The maximum atomic E-state index is 12.1. The molecule has 0 spiro atoms. The third-order valence-electron chi connectivity index (χ3n) is 2.80. The van der Waals surface area contributed by atoms with Gasteiger partial charge in [-0.15, -0.1) is 22.7 Å². The summed E-state index contributed by atoms with van der Waals surface area (Å²) in [4.78, 5) is 14.3. The second-order valence-corrected chi connectivity index (χ2v) is 6.03. The van der Waals surface area contributed by atoms with Gasteiger partial charge in [0.15, 0.2) is 0 Å². The molecule has 0 atom stereocenters. The van der Waals surface area contributed by atoms with Crippen LogP contribution >= 0.6 is 22.7 Å². The molecule has 0 unspecified atom stereocenters. The lowest BCUT2D eigenvalue weighted by molar-refractivity contribution is -0.129. The average molecular weight is 276 g/mol. The third-order valence-corrected chi connectivity index (χ3v) is 4.60. The van der Waals surface area contributed by atoms with E-state index in [9.17, 15) is 4.79 Å². The predicted molar refractivity (Wildman–Crippen MR) is 75.2 cm³/mol. The molecule has 0 bridgehead atoms. The number of hydrogen-bond donors (Lipinski definition) is 0. The van der Waals surface area contributed by atoms with Crippen LogP contribution in [-0.2, 0) is 11.2 Å². The van der Waals surface area contributed by atoms with Gasteiger partial charge in [0.25, 0.3) is 0 Å². The lowest BCUT2D eigenvalue weighted by atomic mass is 10.2. The predicted octanol–water partition coefficient (Wildman–Crippen LogP) is 2.99. The van der Waals surface area contributed by atoms with Crippen LogP contribution in [0.3, 0.4) is 0 Å². The van der Waals surface area contributed by atoms with Crippen molar-refractivity contribution in [1.82, 2.24) is 5.01 Å². The van der Waals surface area contributed by atoms with Gasteiger partial charge in [-0.25, -0.2) is 5.01 Å². The van der Waals surface area contributed by atoms with Gasteiger partial charge in [0.05, 0.1) is 23.6 Å². The van der Waals surface area contributed by atoms with Crippen LogP contribution < -0.4 is 0 Å². The van der Waals surface area contributed by atoms with Gasteiger partial charge < -0.3 is 0 Å². The summed E-state index contributed by atoms with van der Waals surface area (Å²) in [6, 6.07) is 8.02. The quantitative estimate of drug-likeness (QED) is 0.848. The minimum Gasteiger partial charge on any atom is -0.273 e. The van der Waals surface area contributed by atoms with Crippen LogP contribution in [-0.4, -0.2) is 23.2 Å². The van der Waals surface area contributed by atoms with Gasteiger partial charge in [-0.3, -0.25) is 4.79 Å². The van der Waals surface area contributed by atoms with Crippen LogP contribution in [0.4, 0.5) is 0 Å². The molecular weight excluding hydrogens is 264 g/mol. The molecule has 0 radical (unpaired) electrons. The summed E-state index contributed by atoms with van der Waals surface area (Å²) in [7, 11) is 0. The lowest BCUT2D eigenvalue weighted by Crippen LogP contribution is -2.24. The first-order valence-electron chi connectivity index (χ1n) is 5.77. The van der Waals surface area contributed by atoms with Crippen molar-refractivity contribution < 1.29 is 4.79 Å². The van der Waals surface area contributed by atoms with Gasteiger partial charge >= 0.3 is 0 Å². The van der Waals surface area contributed by atoms with Gasteiger partial charge in [-0.1, -0.05) is 12.1 Å². The molecule has 2 aromatic heterocycles. The number of nitrogens with zero attached hydrogens (tertiary/aromatic N) is 2. The monoisotopic (exact) mass is 276 g/mol. The first-order chi connectivity index (χ1) is 8.83. The Balaban J connectivity index is 1.69. The zero-order valence-corrected chi connectivity index (χ0v) is 11.3. The number of hydrogen-bond acceptors (Lipinski definition) is 4. The van der Waals surface area contributed by atoms with Crippen molar-refractivity contribution in [1.29, 1.82) is 0 Å². The molecule has 3 rings (SSSR count). The number of carbonyl (C=O) groups is 1. The first-order valence-corrected chi connectivity index (χ1v) is 7.53. The highest BCUT2D eigenvalue weighted by Gasteiger charge is 2.22. The molecule has 0 fully saturated rings. The molecule has 5 heteroatoms. The van der Waals surface area contributed by atoms with E-state index < -0.39 is 0 Å². The Kier molecular flexibility index (Phi) is 3.25. The molecule has 0 N–H and O–H groups in total. The number of rotatable bonds is 3. The van der Waals surface area contributed by atoms with Crippen molar-refractivity contribution in [2.24, 2.45) is 5.10 Å². The molecule has 0 saturated heterocycles. The Morgan fingerprint density at radius 2 is 2.11 bits per heavy atom. The molecule has 3 nitrogen and oxygen atoms in total. The summed E-state index contributed by atoms with van der Waals surface area (Å²) in [5.74, 6) is 0.0870. The van der Waals surface area contributed by atoms with Gasteiger partial charge in [-0.05, 0) is 22.9 Å². The van der Waals surface area contributed by atoms with E-state index >= 15 is 0 Å². The van der Waals surface area contributed by atoms with Crippen molar-refractivity contribution in [3.05, 3.63) is 44.8 Å². The highest BCUT2D eigenvalue weighted by molar-refractivity contribution is 7.12. The van der Waals surface area contributed by atoms with Crippen LogP contribution in [0, 0.1) is 0 Å². The number of carbonyl (C=O) groups excluding carboxylic acids is 1. The normalized spacial score (nSPS) is 14.9. The summed E-state index contributed by atoms with van der Waals surface area (Å²) >= 11 is 3.29. The SMILES string of the molecule is O=C(Cc1cccs1)N1CCC(c2cccs2)=N1. The minimum atomic E-state index is 0.0870. The van der Waals surface area contributed by atoms with Gasteiger partial charge in [-0.2, -0.15) is 5.10 Å². The van der Waals surface area contributed by atoms with Crippen LogP contribution in [0.2, 0.25) is 0 Å². The standard InChI is InChI=1S/C13H12N2OS2/c16-13(9-10-3-1-7-17-10)15-6-5-11(14-15)12-4-2-8-18-12/h1-4,7-8H,5-6,9H2.